The third-order valence-corrected chi connectivity index (χ3v) is 5.13. The van der Waals surface area contributed by atoms with E-state index < -0.39 is 0 Å². The Bertz CT molecular complexity index is 200. The second kappa shape index (κ2) is 8.19. The van der Waals surface area contributed by atoms with Crippen molar-refractivity contribution >= 4 is 0 Å². The van der Waals surface area contributed by atoms with E-state index in [2.05, 4.69) is 11.8 Å². The van der Waals surface area contributed by atoms with Crippen molar-refractivity contribution in [1.82, 2.24) is 4.90 Å². The van der Waals surface area contributed by atoms with E-state index in [0.29, 0.717) is 0 Å². The maximum atomic E-state index is 2.77. The minimum Gasteiger partial charge on any atom is -0.303 e. The Kier molecular flexibility index (Phi) is 6.54. The first kappa shape index (κ1) is 14.4. The molecule has 1 saturated carbocycles. The molecule has 0 bridgehead atoms. The second-order valence-corrected chi connectivity index (χ2v) is 6.69. The predicted octanol–water partition coefficient (Wildman–Crippen LogP) is 4.86. The summed E-state index contributed by atoms with van der Waals surface area (Å²) in [6.07, 6.45) is 16.2. The molecular formula is C17H33N. The van der Waals surface area contributed by atoms with Crippen LogP contribution in [0.25, 0.3) is 0 Å². The Labute approximate surface area is 114 Å². The summed E-state index contributed by atoms with van der Waals surface area (Å²) in [6, 6.07) is 0. The van der Waals surface area contributed by atoms with Gasteiger partial charge in [0.25, 0.3) is 0 Å². The highest BCUT2D eigenvalue weighted by Gasteiger charge is 2.33. The van der Waals surface area contributed by atoms with E-state index in [0.717, 1.165) is 11.8 Å². The van der Waals surface area contributed by atoms with Gasteiger partial charge in [0.2, 0.25) is 0 Å². The molecule has 18 heavy (non-hydrogen) atoms. The number of nitrogens with zero attached hydrogens (tertiary/aromatic N) is 1. The maximum absolute atomic E-state index is 2.77. The van der Waals surface area contributed by atoms with Crippen molar-refractivity contribution in [3.63, 3.8) is 0 Å². The summed E-state index contributed by atoms with van der Waals surface area (Å²) < 4.78 is 0. The quantitative estimate of drug-likeness (QED) is 0.557. The summed E-state index contributed by atoms with van der Waals surface area (Å²) in [7, 11) is 0. The Morgan fingerprint density at radius 3 is 1.94 bits per heavy atom. The molecule has 1 aliphatic heterocycles. The van der Waals surface area contributed by atoms with E-state index in [9.17, 15) is 0 Å². The van der Waals surface area contributed by atoms with Crippen LogP contribution in [0.2, 0.25) is 0 Å². The van der Waals surface area contributed by atoms with Crippen molar-refractivity contribution in [2.24, 2.45) is 11.8 Å². The van der Waals surface area contributed by atoms with Gasteiger partial charge in [-0.15, -0.1) is 0 Å². The molecule has 0 N–H and O–H groups in total. The van der Waals surface area contributed by atoms with Crippen molar-refractivity contribution in [2.45, 2.75) is 77.6 Å². The van der Waals surface area contributed by atoms with Crippen LogP contribution in [0, 0.1) is 11.8 Å². The monoisotopic (exact) mass is 251 g/mol. The van der Waals surface area contributed by atoms with E-state index in [-0.39, 0.29) is 0 Å². The first-order valence-corrected chi connectivity index (χ1v) is 8.62. The maximum Gasteiger partial charge on any atom is 0.00129 e. The van der Waals surface area contributed by atoms with Gasteiger partial charge in [-0.3, -0.25) is 0 Å². The highest BCUT2D eigenvalue weighted by molar-refractivity contribution is 4.86. The van der Waals surface area contributed by atoms with E-state index >= 15 is 0 Å². The lowest BCUT2D eigenvalue weighted by atomic mass is 9.82. The summed E-state index contributed by atoms with van der Waals surface area (Å²) in [4.78, 5) is 2.77. The number of hydrogen-bond acceptors (Lipinski definition) is 1. The van der Waals surface area contributed by atoms with E-state index in [1.807, 2.05) is 0 Å². The number of likely N-dealkylation sites (tertiary alicyclic amines) is 1. The first-order valence-electron chi connectivity index (χ1n) is 8.62. The molecule has 2 rings (SSSR count). The zero-order valence-electron chi connectivity index (χ0n) is 12.5. The van der Waals surface area contributed by atoms with Crippen molar-refractivity contribution < 1.29 is 0 Å². The van der Waals surface area contributed by atoms with Gasteiger partial charge < -0.3 is 4.90 Å². The minimum atomic E-state index is 1.07. The van der Waals surface area contributed by atoms with Gasteiger partial charge in [0.05, 0.1) is 0 Å². The van der Waals surface area contributed by atoms with Gasteiger partial charge in [0, 0.05) is 13.1 Å². The van der Waals surface area contributed by atoms with E-state index in [4.69, 9.17) is 0 Å². The molecule has 0 aromatic heterocycles. The van der Waals surface area contributed by atoms with Gasteiger partial charge in [-0.25, -0.2) is 0 Å². The fraction of sp³-hybridized carbons (Fsp3) is 1.00. The highest BCUT2D eigenvalue weighted by atomic mass is 15.1. The van der Waals surface area contributed by atoms with Gasteiger partial charge in [-0.1, -0.05) is 58.3 Å². The molecule has 1 heteroatoms. The van der Waals surface area contributed by atoms with Crippen LogP contribution in [-0.4, -0.2) is 24.5 Å². The molecule has 1 heterocycles. The van der Waals surface area contributed by atoms with Crippen molar-refractivity contribution in [3.05, 3.63) is 0 Å². The zero-order valence-corrected chi connectivity index (χ0v) is 12.5. The summed E-state index contributed by atoms with van der Waals surface area (Å²) in [5.41, 5.74) is 0. The molecule has 0 unspecified atom stereocenters. The average Bonchev–Trinajstić information content (AvgIpc) is 2.80. The molecule has 2 fully saturated rings. The van der Waals surface area contributed by atoms with Gasteiger partial charge in [0.15, 0.2) is 0 Å². The van der Waals surface area contributed by atoms with Crippen LogP contribution >= 0.6 is 0 Å². The minimum absolute atomic E-state index is 1.07. The summed E-state index contributed by atoms with van der Waals surface area (Å²) >= 11 is 0. The van der Waals surface area contributed by atoms with Crippen molar-refractivity contribution in [2.75, 3.05) is 19.6 Å². The van der Waals surface area contributed by atoms with Crippen molar-refractivity contribution in [1.29, 1.82) is 0 Å². The van der Waals surface area contributed by atoms with E-state index in [1.165, 1.54) is 90.3 Å². The molecule has 2 aliphatic rings. The Balaban J connectivity index is 1.47. The summed E-state index contributed by atoms with van der Waals surface area (Å²) in [5.74, 6) is 2.15. The SMILES string of the molecule is CCCCCCCCCN1C[C@@H]2CCCC[C@H]2C1. The molecule has 1 saturated heterocycles. The average molecular weight is 251 g/mol. The largest absolute Gasteiger partial charge is 0.303 e. The molecule has 0 amide bonds. The smallest absolute Gasteiger partial charge is 0.00129 e. The fourth-order valence-corrected chi connectivity index (χ4v) is 3.98. The third kappa shape index (κ3) is 4.57. The Morgan fingerprint density at radius 1 is 0.778 bits per heavy atom. The molecule has 0 aromatic carbocycles. The topological polar surface area (TPSA) is 3.24 Å². The van der Waals surface area contributed by atoms with Gasteiger partial charge in [-0.2, -0.15) is 0 Å². The van der Waals surface area contributed by atoms with Crippen LogP contribution in [0.1, 0.15) is 77.6 Å². The molecular weight excluding hydrogens is 218 g/mol. The van der Waals surface area contributed by atoms with Crippen LogP contribution in [0.3, 0.4) is 0 Å². The molecule has 0 spiro atoms. The Hall–Kier alpha value is -0.0400. The van der Waals surface area contributed by atoms with Gasteiger partial charge in [-0.05, 0) is 37.6 Å². The van der Waals surface area contributed by atoms with Crippen LogP contribution in [0.4, 0.5) is 0 Å². The van der Waals surface area contributed by atoms with Crippen LogP contribution in [0.15, 0.2) is 0 Å². The predicted molar refractivity (Wildman–Crippen MR) is 79.9 cm³/mol. The zero-order chi connectivity index (χ0) is 12.6. The van der Waals surface area contributed by atoms with Gasteiger partial charge >= 0.3 is 0 Å². The van der Waals surface area contributed by atoms with Crippen LogP contribution in [-0.2, 0) is 0 Å². The molecule has 2 atom stereocenters. The number of rotatable bonds is 8. The fourth-order valence-electron chi connectivity index (χ4n) is 3.98. The molecule has 106 valence electrons. The molecule has 0 aromatic rings. The lowest BCUT2D eigenvalue weighted by molar-refractivity contribution is 0.299. The number of hydrogen-bond donors (Lipinski definition) is 0. The van der Waals surface area contributed by atoms with Crippen LogP contribution < -0.4 is 0 Å². The summed E-state index contributed by atoms with van der Waals surface area (Å²) in [6.45, 7) is 6.55. The Morgan fingerprint density at radius 2 is 1.33 bits per heavy atom. The van der Waals surface area contributed by atoms with E-state index in [1.54, 1.807) is 0 Å². The normalized spacial score (nSPS) is 28.5. The first-order chi connectivity index (χ1) is 8.90. The number of fused-ring (bicyclic) bond motifs is 1. The van der Waals surface area contributed by atoms with Gasteiger partial charge in [0.1, 0.15) is 0 Å². The summed E-state index contributed by atoms with van der Waals surface area (Å²) in [5, 5.41) is 0. The van der Waals surface area contributed by atoms with Crippen molar-refractivity contribution in [3.8, 4) is 0 Å². The third-order valence-electron chi connectivity index (χ3n) is 5.13. The highest BCUT2D eigenvalue weighted by Crippen LogP contribution is 2.35. The molecule has 1 nitrogen and oxygen atoms in total. The lowest BCUT2D eigenvalue weighted by Crippen LogP contribution is -2.22. The van der Waals surface area contributed by atoms with Crippen LogP contribution in [0.5, 0.6) is 0 Å². The second-order valence-electron chi connectivity index (χ2n) is 6.69. The molecule has 1 aliphatic carbocycles. The number of unbranched alkanes of at least 4 members (excludes halogenated alkanes) is 6. The standard InChI is InChI=1S/C17H33N/c1-2-3-4-5-6-7-10-13-18-14-16-11-8-9-12-17(16)15-18/h16-17H,2-15H2,1H3/t16-,17-/m0/s1. The molecule has 0 radical (unpaired) electrons. The lowest BCUT2D eigenvalue weighted by Gasteiger charge is -2.23.